The van der Waals surface area contributed by atoms with E-state index in [1.807, 2.05) is 55.5 Å². The van der Waals surface area contributed by atoms with Crippen molar-refractivity contribution in [1.82, 2.24) is 19.7 Å². The second-order valence-corrected chi connectivity index (χ2v) is 13.6. The van der Waals surface area contributed by atoms with Crippen molar-refractivity contribution in [2.45, 2.75) is 84.6 Å². The third kappa shape index (κ3) is 5.29. The standard InChI is InChI=1S/C36H40N4O4/c1-3-4-9-31-30(17-23-10-12-27(13-11-23)28-7-5-6-8-29(28)33-38-35(43)44-39-33)34(42)40(22(2)37-31)21-32(41)36-18-24-14-25(19-36)16-26(15-24)20-36/h5-8,10-13,24-26H,3-4,9,14-21H2,1-2H3,(H,38,39,43). The van der Waals surface area contributed by atoms with Crippen molar-refractivity contribution >= 4 is 5.78 Å². The number of hydrogen-bond acceptors (Lipinski definition) is 6. The maximum absolute atomic E-state index is 14.2. The van der Waals surface area contributed by atoms with Crippen LogP contribution < -0.4 is 11.3 Å². The fraction of sp³-hybridized carbons (Fsp3) is 0.472. The number of carbonyl (C=O) groups is 1. The van der Waals surface area contributed by atoms with E-state index in [9.17, 15) is 14.4 Å². The van der Waals surface area contributed by atoms with E-state index in [1.165, 1.54) is 19.3 Å². The summed E-state index contributed by atoms with van der Waals surface area (Å²) in [6.07, 6.45) is 10.0. The van der Waals surface area contributed by atoms with Crippen molar-refractivity contribution in [2.75, 3.05) is 0 Å². The summed E-state index contributed by atoms with van der Waals surface area (Å²) in [5, 5.41) is 3.87. The molecule has 1 N–H and O–H groups in total. The molecule has 8 heteroatoms. The Labute approximate surface area is 256 Å². The summed E-state index contributed by atoms with van der Waals surface area (Å²) in [4.78, 5) is 47.3. The van der Waals surface area contributed by atoms with Gasteiger partial charge in [-0.15, -0.1) is 0 Å². The van der Waals surface area contributed by atoms with E-state index in [0.29, 0.717) is 41.4 Å². The van der Waals surface area contributed by atoms with Crippen molar-refractivity contribution in [3.8, 4) is 22.5 Å². The van der Waals surface area contributed by atoms with Crippen molar-refractivity contribution < 1.29 is 9.32 Å². The summed E-state index contributed by atoms with van der Waals surface area (Å²) in [6, 6.07) is 15.8. The minimum absolute atomic E-state index is 0.0777. The Morgan fingerprint density at radius 3 is 2.25 bits per heavy atom. The molecule has 8 rings (SSSR count). The average Bonchev–Trinajstić information content (AvgIpc) is 3.45. The first-order valence-corrected chi connectivity index (χ1v) is 16.2. The number of hydrogen-bond donors (Lipinski definition) is 1. The summed E-state index contributed by atoms with van der Waals surface area (Å²) in [5.41, 5.74) is 4.85. The highest BCUT2D eigenvalue weighted by Crippen LogP contribution is 2.60. The lowest BCUT2D eigenvalue weighted by Crippen LogP contribution is -2.51. The van der Waals surface area contributed by atoms with Crippen LogP contribution in [-0.4, -0.2) is 25.5 Å². The fourth-order valence-electron chi connectivity index (χ4n) is 8.73. The second kappa shape index (κ2) is 11.5. The molecule has 0 amide bonds. The van der Waals surface area contributed by atoms with Crippen LogP contribution in [0.4, 0.5) is 0 Å². The zero-order valence-electron chi connectivity index (χ0n) is 25.6. The zero-order valence-corrected chi connectivity index (χ0v) is 25.6. The zero-order chi connectivity index (χ0) is 30.4. The molecule has 4 aromatic rings. The van der Waals surface area contributed by atoms with Crippen molar-refractivity contribution in [3.63, 3.8) is 0 Å². The maximum Gasteiger partial charge on any atom is 0.439 e. The number of benzene rings is 2. The Morgan fingerprint density at radius 2 is 1.64 bits per heavy atom. The molecule has 228 valence electrons. The first-order valence-electron chi connectivity index (χ1n) is 16.2. The number of aromatic amines is 1. The normalized spacial score (nSPS) is 23.7. The lowest BCUT2D eigenvalue weighted by Gasteiger charge is -2.56. The van der Waals surface area contributed by atoms with E-state index in [1.54, 1.807) is 4.57 Å². The highest BCUT2D eigenvalue weighted by molar-refractivity contribution is 5.85. The highest BCUT2D eigenvalue weighted by Gasteiger charge is 2.54. The molecular weight excluding hydrogens is 552 g/mol. The van der Waals surface area contributed by atoms with Crippen LogP contribution in [0.25, 0.3) is 22.5 Å². The van der Waals surface area contributed by atoms with E-state index in [4.69, 9.17) is 9.51 Å². The van der Waals surface area contributed by atoms with Crippen LogP contribution in [0, 0.1) is 30.1 Å². The SMILES string of the molecule is CCCCc1nc(C)n(CC(=O)C23CC4CC(CC(C4)C2)C3)c(=O)c1Cc1ccc(-c2ccccc2-c2noc(=O)[nH]2)cc1. The lowest BCUT2D eigenvalue weighted by atomic mass is 9.48. The molecule has 2 aromatic carbocycles. The first-order chi connectivity index (χ1) is 21.3. The molecule has 0 atom stereocenters. The van der Waals surface area contributed by atoms with Crippen molar-refractivity contribution in [2.24, 2.45) is 23.2 Å². The summed E-state index contributed by atoms with van der Waals surface area (Å²) in [6.45, 7) is 4.15. The van der Waals surface area contributed by atoms with Gasteiger partial charge in [-0.05, 0) is 92.7 Å². The molecule has 0 spiro atoms. The quantitative estimate of drug-likeness (QED) is 0.232. The van der Waals surface area contributed by atoms with Crippen LogP contribution in [0.3, 0.4) is 0 Å². The predicted molar refractivity (Wildman–Crippen MR) is 168 cm³/mol. The molecule has 0 saturated heterocycles. The van der Waals surface area contributed by atoms with E-state index >= 15 is 0 Å². The number of nitrogens with one attached hydrogen (secondary N) is 1. The monoisotopic (exact) mass is 592 g/mol. The highest BCUT2D eigenvalue weighted by atomic mass is 16.5. The number of ketones is 1. The number of carbonyl (C=O) groups excluding carboxylic acids is 1. The molecule has 44 heavy (non-hydrogen) atoms. The summed E-state index contributed by atoms with van der Waals surface area (Å²) >= 11 is 0. The first kappa shape index (κ1) is 28.7. The summed E-state index contributed by atoms with van der Waals surface area (Å²) < 4.78 is 6.39. The van der Waals surface area contributed by atoms with Gasteiger partial charge in [0.25, 0.3) is 5.56 Å². The number of rotatable bonds is 10. The van der Waals surface area contributed by atoms with Gasteiger partial charge >= 0.3 is 5.76 Å². The number of H-pyrrole nitrogens is 1. The Balaban J connectivity index is 1.18. The van der Waals surface area contributed by atoms with Gasteiger partial charge in [-0.1, -0.05) is 67.0 Å². The van der Waals surface area contributed by atoms with Gasteiger partial charge in [-0.3, -0.25) is 23.7 Å². The summed E-state index contributed by atoms with van der Waals surface area (Å²) in [5.74, 6) is 2.71. The predicted octanol–water partition coefficient (Wildman–Crippen LogP) is 6.28. The Bertz CT molecular complexity index is 1780. The van der Waals surface area contributed by atoms with Gasteiger partial charge in [0.1, 0.15) is 5.82 Å². The molecule has 4 aliphatic carbocycles. The van der Waals surface area contributed by atoms with Crippen LogP contribution in [0.2, 0.25) is 0 Å². The molecule has 2 aromatic heterocycles. The van der Waals surface area contributed by atoms with E-state index < -0.39 is 5.76 Å². The maximum atomic E-state index is 14.2. The van der Waals surface area contributed by atoms with Crippen LogP contribution in [-0.2, 0) is 24.2 Å². The van der Waals surface area contributed by atoms with Crippen LogP contribution in [0.5, 0.6) is 0 Å². The smallest absolute Gasteiger partial charge is 0.297 e. The Hall–Kier alpha value is -4.07. The second-order valence-electron chi connectivity index (χ2n) is 13.6. The molecule has 0 unspecified atom stereocenters. The van der Waals surface area contributed by atoms with Gasteiger partial charge in [0.15, 0.2) is 11.6 Å². The molecule has 0 radical (unpaired) electrons. The third-order valence-electron chi connectivity index (χ3n) is 10.5. The van der Waals surface area contributed by atoms with E-state index in [-0.39, 0.29) is 23.3 Å². The number of aromatic nitrogens is 4. The molecule has 4 saturated carbocycles. The number of nitrogens with zero attached hydrogens (tertiary/aromatic N) is 3. The molecule has 4 fully saturated rings. The number of unbranched alkanes of at least 4 members (excludes halogenated alkanes) is 1. The fourth-order valence-corrected chi connectivity index (χ4v) is 8.73. The minimum Gasteiger partial charge on any atom is -0.297 e. The van der Waals surface area contributed by atoms with Crippen molar-refractivity contribution in [3.05, 3.63) is 92.1 Å². The Morgan fingerprint density at radius 1 is 0.977 bits per heavy atom. The van der Waals surface area contributed by atoms with Gasteiger partial charge in [-0.2, -0.15) is 0 Å². The summed E-state index contributed by atoms with van der Waals surface area (Å²) in [7, 11) is 0. The topological polar surface area (TPSA) is 111 Å². The van der Waals surface area contributed by atoms with Gasteiger partial charge in [0, 0.05) is 23.0 Å². The molecule has 8 nitrogen and oxygen atoms in total. The lowest BCUT2D eigenvalue weighted by molar-refractivity contribution is -0.144. The van der Waals surface area contributed by atoms with Gasteiger partial charge in [0.2, 0.25) is 0 Å². The average molecular weight is 593 g/mol. The molecule has 4 bridgehead atoms. The van der Waals surface area contributed by atoms with Crippen LogP contribution in [0.15, 0.2) is 62.6 Å². The van der Waals surface area contributed by atoms with E-state index in [0.717, 1.165) is 66.5 Å². The number of aryl methyl sites for hydroxylation is 2. The van der Waals surface area contributed by atoms with Gasteiger partial charge < -0.3 is 0 Å². The molecular formula is C36H40N4O4. The van der Waals surface area contributed by atoms with Crippen LogP contribution in [0.1, 0.15) is 80.9 Å². The van der Waals surface area contributed by atoms with Crippen molar-refractivity contribution in [1.29, 1.82) is 0 Å². The van der Waals surface area contributed by atoms with Gasteiger partial charge in [0.05, 0.1) is 12.2 Å². The van der Waals surface area contributed by atoms with E-state index in [2.05, 4.69) is 17.1 Å². The Kier molecular flexibility index (Phi) is 7.47. The third-order valence-corrected chi connectivity index (χ3v) is 10.5. The minimum atomic E-state index is -0.596. The molecule has 2 heterocycles. The number of Topliss-reactive ketones (excluding diaryl/α,β-unsaturated/α-hetero) is 1. The van der Waals surface area contributed by atoms with Crippen LogP contribution >= 0.6 is 0 Å². The largest absolute Gasteiger partial charge is 0.439 e. The van der Waals surface area contributed by atoms with Gasteiger partial charge in [-0.25, -0.2) is 9.78 Å². The molecule has 0 aliphatic heterocycles. The molecule has 4 aliphatic rings.